The van der Waals surface area contributed by atoms with Crippen molar-refractivity contribution in [1.29, 1.82) is 5.26 Å². The van der Waals surface area contributed by atoms with Crippen molar-refractivity contribution in [3.63, 3.8) is 0 Å². The molecule has 0 unspecified atom stereocenters. The van der Waals surface area contributed by atoms with Crippen LogP contribution in [0.3, 0.4) is 0 Å². The fraction of sp³-hybridized carbons (Fsp3) is 0.0833. The second-order valence-electron chi connectivity index (χ2n) is 6.51. The zero-order valence-corrected chi connectivity index (χ0v) is 18.6. The molecule has 3 aromatic rings. The maximum Gasteiger partial charge on any atom is 0.335 e. The number of hydrogen-bond donors (Lipinski definition) is 1. The first-order valence-corrected chi connectivity index (χ1v) is 10.2. The standard InChI is InChI=1S/C24H17FINO4/c1-30-22-11-16(9-19(13-27)18-3-2-4-20(25)12-18)10-21(26)23(22)31-14-15-5-7-17(8-6-15)24(28)29/h2-12H,14H2,1H3,(H,28,29)/b19-9-. The van der Waals surface area contributed by atoms with Crippen molar-refractivity contribution in [3.05, 3.63) is 92.3 Å². The molecule has 31 heavy (non-hydrogen) atoms. The maximum atomic E-state index is 13.5. The first-order valence-electron chi connectivity index (χ1n) is 9.11. The third-order valence-electron chi connectivity index (χ3n) is 4.40. The van der Waals surface area contributed by atoms with Gasteiger partial charge in [0.2, 0.25) is 0 Å². The fourth-order valence-corrected chi connectivity index (χ4v) is 3.65. The Kier molecular flexibility index (Phi) is 7.26. The van der Waals surface area contributed by atoms with E-state index in [9.17, 15) is 14.4 Å². The minimum Gasteiger partial charge on any atom is -0.493 e. The van der Waals surface area contributed by atoms with Gasteiger partial charge in [-0.1, -0.05) is 24.3 Å². The van der Waals surface area contributed by atoms with E-state index in [0.717, 1.165) is 9.13 Å². The number of rotatable bonds is 7. The SMILES string of the molecule is COc1cc(/C=C(/C#N)c2cccc(F)c2)cc(I)c1OCc1ccc(C(=O)O)cc1. The molecular formula is C24H17FINO4. The van der Waals surface area contributed by atoms with Crippen molar-refractivity contribution < 1.29 is 23.8 Å². The topological polar surface area (TPSA) is 79.5 Å². The predicted molar refractivity (Wildman–Crippen MR) is 123 cm³/mol. The van der Waals surface area contributed by atoms with E-state index in [1.165, 1.54) is 31.4 Å². The first kappa shape index (κ1) is 22.3. The number of carboxylic acid groups (broad SMARTS) is 1. The van der Waals surface area contributed by atoms with Gasteiger partial charge in [-0.2, -0.15) is 5.26 Å². The molecule has 3 rings (SSSR count). The van der Waals surface area contributed by atoms with Crippen LogP contribution in [0, 0.1) is 20.7 Å². The fourth-order valence-electron chi connectivity index (χ4n) is 2.87. The van der Waals surface area contributed by atoms with Crippen LogP contribution in [0.5, 0.6) is 11.5 Å². The number of benzene rings is 3. The number of methoxy groups -OCH3 is 1. The van der Waals surface area contributed by atoms with Gasteiger partial charge >= 0.3 is 5.97 Å². The monoisotopic (exact) mass is 529 g/mol. The Labute approximate surface area is 192 Å². The molecular weight excluding hydrogens is 512 g/mol. The Morgan fingerprint density at radius 2 is 1.90 bits per heavy atom. The summed E-state index contributed by atoms with van der Waals surface area (Å²) < 4.78 is 25.7. The van der Waals surface area contributed by atoms with Gasteiger partial charge in [0.1, 0.15) is 12.4 Å². The van der Waals surface area contributed by atoms with E-state index in [1.807, 2.05) is 6.07 Å². The smallest absolute Gasteiger partial charge is 0.335 e. The summed E-state index contributed by atoms with van der Waals surface area (Å²) in [6.45, 7) is 0.230. The van der Waals surface area contributed by atoms with Gasteiger partial charge in [0, 0.05) is 0 Å². The van der Waals surface area contributed by atoms with Gasteiger partial charge < -0.3 is 14.6 Å². The highest BCUT2D eigenvalue weighted by Crippen LogP contribution is 2.35. The minimum absolute atomic E-state index is 0.207. The molecule has 0 fully saturated rings. The molecule has 0 radical (unpaired) electrons. The van der Waals surface area contributed by atoms with Gasteiger partial charge in [0.15, 0.2) is 11.5 Å². The highest BCUT2D eigenvalue weighted by Gasteiger charge is 2.13. The van der Waals surface area contributed by atoms with Crippen molar-refractivity contribution >= 4 is 40.2 Å². The van der Waals surface area contributed by atoms with E-state index < -0.39 is 11.8 Å². The van der Waals surface area contributed by atoms with Gasteiger partial charge in [-0.15, -0.1) is 0 Å². The summed E-state index contributed by atoms with van der Waals surface area (Å²) in [4.78, 5) is 11.0. The quantitative estimate of drug-likeness (QED) is 0.239. The number of carboxylic acids is 1. The number of nitriles is 1. The van der Waals surface area contributed by atoms with Crippen LogP contribution in [0.4, 0.5) is 4.39 Å². The summed E-state index contributed by atoms with van der Waals surface area (Å²) in [6, 6.07) is 18.0. The largest absolute Gasteiger partial charge is 0.493 e. The van der Waals surface area contributed by atoms with Crippen LogP contribution in [0.2, 0.25) is 0 Å². The van der Waals surface area contributed by atoms with Gasteiger partial charge in [-0.05, 0) is 81.8 Å². The number of ether oxygens (including phenoxy) is 2. The highest BCUT2D eigenvalue weighted by atomic mass is 127. The average molecular weight is 529 g/mol. The molecule has 156 valence electrons. The van der Waals surface area contributed by atoms with E-state index in [1.54, 1.807) is 36.4 Å². The number of allylic oxidation sites excluding steroid dienone is 1. The Bertz CT molecular complexity index is 1180. The molecule has 3 aromatic carbocycles. The molecule has 0 saturated carbocycles. The lowest BCUT2D eigenvalue weighted by Crippen LogP contribution is -2.01. The minimum atomic E-state index is -0.984. The van der Waals surface area contributed by atoms with Crippen LogP contribution in [-0.2, 0) is 6.61 Å². The number of hydrogen-bond acceptors (Lipinski definition) is 4. The second kappa shape index (κ2) is 10.1. The van der Waals surface area contributed by atoms with E-state index in [4.69, 9.17) is 14.6 Å². The van der Waals surface area contributed by atoms with Crippen LogP contribution >= 0.6 is 22.6 Å². The van der Waals surface area contributed by atoms with Crippen LogP contribution in [0.15, 0.2) is 60.7 Å². The number of nitrogens with zero attached hydrogens (tertiary/aromatic N) is 1. The summed E-state index contributed by atoms with van der Waals surface area (Å²) in [5.41, 5.74) is 2.54. The predicted octanol–water partition coefficient (Wildman–Crippen LogP) is 5.78. The van der Waals surface area contributed by atoms with Crippen molar-refractivity contribution in [1.82, 2.24) is 0 Å². The normalized spacial score (nSPS) is 11.0. The van der Waals surface area contributed by atoms with Crippen LogP contribution in [0.25, 0.3) is 11.6 Å². The Morgan fingerprint density at radius 1 is 1.16 bits per heavy atom. The molecule has 0 spiro atoms. The summed E-state index contributed by atoms with van der Waals surface area (Å²) >= 11 is 2.12. The van der Waals surface area contributed by atoms with Gasteiger partial charge in [0.25, 0.3) is 0 Å². The van der Waals surface area contributed by atoms with Crippen molar-refractivity contribution in [2.24, 2.45) is 0 Å². The van der Waals surface area contributed by atoms with Crippen LogP contribution in [0.1, 0.15) is 27.0 Å². The van der Waals surface area contributed by atoms with Crippen molar-refractivity contribution in [3.8, 4) is 17.6 Å². The summed E-state index contributed by atoms with van der Waals surface area (Å²) in [5.74, 6) is -0.378. The molecule has 0 aliphatic carbocycles. The van der Waals surface area contributed by atoms with E-state index in [2.05, 4.69) is 28.7 Å². The molecule has 0 bridgehead atoms. The van der Waals surface area contributed by atoms with Crippen LogP contribution < -0.4 is 9.47 Å². The molecule has 0 heterocycles. The third-order valence-corrected chi connectivity index (χ3v) is 5.20. The zero-order valence-electron chi connectivity index (χ0n) is 16.4. The molecule has 0 amide bonds. The lowest BCUT2D eigenvalue weighted by molar-refractivity contribution is 0.0697. The van der Waals surface area contributed by atoms with Crippen molar-refractivity contribution in [2.75, 3.05) is 7.11 Å². The number of aromatic carboxylic acids is 1. The molecule has 0 aliphatic heterocycles. The van der Waals surface area contributed by atoms with Gasteiger partial charge in [0.05, 0.1) is 27.9 Å². The van der Waals surface area contributed by atoms with E-state index in [-0.39, 0.29) is 12.2 Å². The lowest BCUT2D eigenvalue weighted by atomic mass is 10.0. The molecule has 0 saturated heterocycles. The van der Waals surface area contributed by atoms with Gasteiger partial charge in [-0.25, -0.2) is 9.18 Å². The highest BCUT2D eigenvalue weighted by molar-refractivity contribution is 14.1. The van der Waals surface area contributed by atoms with Crippen LogP contribution in [-0.4, -0.2) is 18.2 Å². The zero-order chi connectivity index (χ0) is 22.4. The van der Waals surface area contributed by atoms with E-state index in [0.29, 0.717) is 28.2 Å². The molecule has 1 N–H and O–H groups in total. The third kappa shape index (κ3) is 5.61. The maximum absolute atomic E-state index is 13.5. The molecule has 0 aliphatic rings. The van der Waals surface area contributed by atoms with Gasteiger partial charge in [-0.3, -0.25) is 0 Å². The molecule has 5 nitrogen and oxygen atoms in total. The molecule has 0 atom stereocenters. The first-order chi connectivity index (χ1) is 14.9. The number of halogens is 2. The summed E-state index contributed by atoms with van der Waals surface area (Å²) in [7, 11) is 1.52. The lowest BCUT2D eigenvalue weighted by Gasteiger charge is -2.14. The number of carbonyl (C=O) groups is 1. The Hall–Kier alpha value is -3.38. The Morgan fingerprint density at radius 3 is 2.52 bits per heavy atom. The summed E-state index contributed by atoms with van der Waals surface area (Å²) in [5, 5.41) is 18.5. The summed E-state index contributed by atoms with van der Waals surface area (Å²) in [6.07, 6.45) is 1.66. The van der Waals surface area contributed by atoms with Crippen molar-refractivity contribution in [2.45, 2.75) is 6.61 Å². The van der Waals surface area contributed by atoms with E-state index >= 15 is 0 Å². The average Bonchev–Trinajstić information content (AvgIpc) is 2.76. The Balaban J connectivity index is 1.86. The molecule has 7 heteroatoms. The second-order valence-corrected chi connectivity index (χ2v) is 7.67. The molecule has 0 aromatic heterocycles.